The highest BCUT2D eigenvalue weighted by molar-refractivity contribution is 8.14. The molecule has 2 unspecified atom stereocenters. The molecule has 2 rings (SSSR count). The van der Waals surface area contributed by atoms with E-state index >= 15 is 0 Å². The molecule has 0 aromatic carbocycles. The number of hydrogen-bond acceptors (Lipinski definition) is 4. The van der Waals surface area contributed by atoms with Gasteiger partial charge in [-0.1, -0.05) is 11.8 Å². The van der Waals surface area contributed by atoms with E-state index in [1.807, 2.05) is 0 Å². The van der Waals surface area contributed by atoms with E-state index in [0.29, 0.717) is 18.2 Å². The predicted octanol–water partition coefficient (Wildman–Crippen LogP) is -0.0728. The average molecular weight is 243 g/mol. The lowest BCUT2D eigenvalue weighted by Crippen LogP contribution is -2.46. The molecule has 90 valence electrons. The quantitative estimate of drug-likeness (QED) is 0.649. The predicted molar refractivity (Wildman–Crippen MR) is 63.4 cm³/mol. The topological polar surface area (TPSA) is 70.2 Å². The SMILES string of the molecule is O=C1NC(C(=O)NCC2CCCNC2)CS1. The van der Waals surface area contributed by atoms with Crippen molar-refractivity contribution in [1.29, 1.82) is 0 Å². The van der Waals surface area contributed by atoms with Gasteiger partial charge in [0.15, 0.2) is 0 Å². The van der Waals surface area contributed by atoms with Gasteiger partial charge in [-0.2, -0.15) is 0 Å². The average Bonchev–Trinajstić information content (AvgIpc) is 2.74. The van der Waals surface area contributed by atoms with E-state index in [9.17, 15) is 9.59 Å². The van der Waals surface area contributed by atoms with Gasteiger partial charge in [0, 0.05) is 12.3 Å². The van der Waals surface area contributed by atoms with Crippen LogP contribution in [-0.4, -0.2) is 42.6 Å². The van der Waals surface area contributed by atoms with Crippen molar-refractivity contribution in [3.63, 3.8) is 0 Å². The van der Waals surface area contributed by atoms with Gasteiger partial charge in [0.2, 0.25) is 5.91 Å². The van der Waals surface area contributed by atoms with E-state index in [2.05, 4.69) is 16.0 Å². The van der Waals surface area contributed by atoms with Crippen molar-refractivity contribution in [2.75, 3.05) is 25.4 Å². The molecular formula is C10H17N3O2S. The summed E-state index contributed by atoms with van der Waals surface area (Å²) in [5, 5.41) is 8.76. The summed E-state index contributed by atoms with van der Waals surface area (Å²) in [5.41, 5.74) is 0. The third-order valence-electron chi connectivity index (χ3n) is 2.95. The Morgan fingerprint density at radius 2 is 2.44 bits per heavy atom. The molecule has 2 aliphatic rings. The Bertz CT molecular complexity index is 279. The second kappa shape index (κ2) is 5.54. The van der Waals surface area contributed by atoms with E-state index in [1.54, 1.807) is 0 Å². The summed E-state index contributed by atoms with van der Waals surface area (Å²) >= 11 is 1.17. The number of thioether (sulfide) groups is 1. The van der Waals surface area contributed by atoms with Crippen molar-refractivity contribution in [2.45, 2.75) is 18.9 Å². The van der Waals surface area contributed by atoms with Crippen molar-refractivity contribution < 1.29 is 9.59 Å². The van der Waals surface area contributed by atoms with Crippen LogP contribution in [0, 0.1) is 5.92 Å². The normalized spacial score (nSPS) is 29.9. The van der Waals surface area contributed by atoms with E-state index < -0.39 is 0 Å². The van der Waals surface area contributed by atoms with Crippen molar-refractivity contribution in [3.05, 3.63) is 0 Å². The minimum Gasteiger partial charge on any atom is -0.354 e. The zero-order valence-corrected chi connectivity index (χ0v) is 9.94. The van der Waals surface area contributed by atoms with Crippen molar-refractivity contribution in [1.82, 2.24) is 16.0 Å². The molecule has 2 fully saturated rings. The van der Waals surface area contributed by atoms with Crippen LogP contribution in [0.5, 0.6) is 0 Å². The lowest BCUT2D eigenvalue weighted by molar-refractivity contribution is -0.122. The van der Waals surface area contributed by atoms with E-state index in [-0.39, 0.29) is 17.2 Å². The molecule has 0 bridgehead atoms. The molecule has 2 atom stereocenters. The number of carbonyl (C=O) groups is 2. The standard InChI is InChI=1S/C10H17N3O2S/c14-9(8-6-16-10(15)13-8)12-5-7-2-1-3-11-4-7/h7-8,11H,1-6H2,(H,12,14)(H,13,15). The first kappa shape index (κ1) is 11.7. The van der Waals surface area contributed by atoms with Crippen LogP contribution in [0.25, 0.3) is 0 Å². The summed E-state index contributed by atoms with van der Waals surface area (Å²) in [7, 11) is 0. The van der Waals surface area contributed by atoms with Crippen LogP contribution < -0.4 is 16.0 Å². The van der Waals surface area contributed by atoms with E-state index in [4.69, 9.17) is 0 Å². The minimum absolute atomic E-state index is 0.0519. The Labute approximate surface area is 99.1 Å². The number of rotatable bonds is 3. The number of amides is 2. The molecule has 2 aliphatic heterocycles. The number of hydrogen-bond donors (Lipinski definition) is 3. The molecule has 0 aliphatic carbocycles. The lowest BCUT2D eigenvalue weighted by atomic mass is 10.00. The molecule has 5 nitrogen and oxygen atoms in total. The molecule has 0 aromatic heterocycles. The summed E-state index contributed by atoms with van der Waals surface area (Å²) in [6.45, 7) is 2.77. The fourth-order valence-corrected chi connectivity index (χ4v) is 2.77. The molecular weight excluding hydrogens is 226 g/mol. The highest BCUT2D eigenvalue weighted by Gasteiger charge is 2.28. The highest BCUT2D eigenvalue weighted by atomic mass is 32.2. The fourth-order valence-electron chi connectivity index (χ4n) is 1.99. The molecule has 2 saturated heterocycles. The van der Waals surface area contributed by atoms with Crippen LogP contribution in [0.15, 0.2) is 0 Å². The maximum atomic E-state index is 11.7. The molecule has 0 spiro atoms. The summed E-state index contributed by atoms with van der Waals surface area (Å²) in [6, 6.07) is -0.339. The van der Waals surface area contributed by atoms with Gasteiger partial charge in [0.1, 0.15) is 6.04 Å². The number of piperidine rings is 1. The first-order valence-electron chi connectivity index (χ1n) is 5.67. The monoisotopic (exact) mass is 243 g/mol. The second-order valence-electron chi connectivity index (χ2n) is 4.25. The Kier molecular flexibility index (Phi) is 4.06. The van der Waals surface area contributed by atoms with Crippen LogP contribution in [-0.2, 0) is 4.79 Å². The van der Waals surface area contributed by atoms with Crippen molar-refractivity contribution in [3.8, 4) is 0 Å². The van der Waals surface area contributed by atoms with Gasteiger partial charge >= 0.3 is 0 Å². The Hall–Kier alpha value is -0.750. The second-order valence-corrected chi connectivity index (χ2v) is 5.25. The molecule has 0 radical (unpaired) electrons. The zero-order chi connectivity index (χ0) is 11.4. The Balaban J connectivity index is 1.68. The molecule has 0 aromatic rings. The Morgan fingerprint density at radius 1 is 1.56 bits per heavy atom. The van der Waals surface area contributed by atoms with Gasteiger partial charge < -0.3 is 16.0 Å². The van der Waals surface area contributed by atoms with E-state index in [0.717, 1.165) is 13.1 Å². The minimum atomic E-state index is -0.339. The largest absolute Gasteiger partial charge is 0.354 e. The van der Waals surface area contributed by atoms with Gasteiger partial charge in [-0.25, -0.2) is 0 Å². The maximum Gasteiger partial charge on any atom is 0.279 e. The highest BCUT2D eigenvalue weighted by Crippen LogP contribution is 2.13. The third kappa shape index (κ3) is 3.12. The smallest absolute Gasteiger partial charge is 0.279 e. The summed E-state index contributed by atoms with van der Waals surface area (Å²) in [4.78, 5) is 22.6. The molecule has 0 saturated carbocycles. The molecule has 2 amide bonds. The fraction of sp³-hybridized carbons (Fsp3) is 0.800. The Morgan fingerprint density at radius 3 is 3.06 bits per heavy atom. The van der Waals surface area contributed by atoms with Crippen LogP contribution in [0.2, 0.25) is 0 Å². The van der Waals surface area contributed by atoms with Gasteiger partial charge in [-0.15, -0.1) is 0 Å². The van der Waals surface area contributed by atoms with Crippen LogP contribution in [0.4, 0.5) is 4.79 Å². The molecule has 2 heterocycles. The van der Waals surface area contributed by atoms with Crippen LogP contribution in [0.3, 0.4) is 0 Å². The molecule has 3 N–H and O–H groups in total. The van der Waals surface area contributed by atoms with Crippen molar-refractivity contribution in [2.24, 2.45) is 5.92 Å². The first-order chi connectivity index (χ1) is 7.75. The van der Waals surface area contributed by atoms with Gasteiger partial charge in [-0.3, -0.25) is 9.59 Å². The van der Waals surface area contributed by atoms with Crippen LogP contribution in [0.1, 0.15) is 12.8 Å². The summed E-state index contributed by atoms with van der Waals surface area (Å²) in [5.74, 6) is 1.03. The molecule has 16 heavy (non-hydrogen) atoms. The summed E-state index contributed by atoms with van der Waals surface area (Å²) < 4.78 is 0. The lowest BCUT2D eigenvalue weighted by Gasteiger charge is -2.23. The van der Waals surface area contributed by atoms with E-state index in [1.165, 1.54) is 24.6 Å². The zero-order valence-electron chi connectivity index (χ0n) is 9.12. The van der Waals surface area contributed by atoms with Crippen LogP contribution >= 0.6 is 11.8 Å². The maximum absolute atomic E-state index is 11.7. The van der Waals surface area contributed by atoms with Gasteiger partial charge in [0.05, 0.1) is 0 Å². The number of carbonyl (C=O) groups excluding carboxylic acids is 2. The third-order valence-corrected chi connectivity index (χ3v) is 3.83. The van der Waals surface area contributed by atoms with Crippen molar-refractivity contribution >= 4 is 22.9 Å². The molecule has 6 heteroatoms. The summed E-state index contributed by atoms with van der Waals surface area (Å²) in [6.07, 6.45) is 2.34. The van der Waals surface area contributed by atoms with Gasteiger partial charge in [-0.05, 0) is 31.8 Å². The van der Waals surface area contributed by atoms with Gasteiger partial charge in [0.25, 0.3) is 5.24 Å². The number of nitrogens with one attached hydrogen (secondary N) is 3. The first-order valence-corrected chi connectivity index (χ1v) is 6.66.